The van der Waals surface area contributed by atoms with E-state index in [-0.39, 0.29) is 17.3 Å². The Hall–Kier alpha value is -2.35. The molecule has 1 N–H and O–H groups in total. The van der Waals surface area contributed by atoms with Crippen molar-refractivity contribution in [1.82, 2.24) is 15.3 Å². The van der Waals surface area contributed by atoms with Gasteiger partial charge in [0.2, 0.25) is 5.95 Å². The van der Waals surface area contributed by atoms with E-state index >= 15 is 0 Å². The number of nitrogens with zero attached hydrogens (tertiary/aromatic N) is 3. The van der Waals surface area contributed by atoms with Gasteiger partial charge in [-0.2, -0.15) is 13.2 Å². The van der Waals surface area contributed by atoms with Gasteiger partial charge in [0.15, 0.2) is 5.69 Å². The highest BCUT2D eigenvalue weighted by Gasteiger charge is 2.32. The van der Waals surface area contributed by atoms with Crippen molar-refractivity contribution in [2.45, 2.75) is 38.3 Å². The molecule has 1 amide bonds. The summed E-state index contributed by atoms with van der Waals surface area (Å²) >= 11 is 6.11. The monoisotopic (exact) mass is 426 g/mol. The molecule has 1 aromatic heterocycles. The van der Waals surface area contributed by atoms with E-state index in [9.17, 15) is 18.0 Å². The summed E-state index contributed by atoms with van der Waals surface area (Å²) in [4.78, 5) is 23.1. The second-order valence-corrected chi connectivity index (χ2v) is 8.11. The van der Waals surface area contributed by atoms with Crippen molar-refractivity contribution in [2.75, 3.05) is 24.5 Å². The normalized spacial score (nSPS) is 14.9. The maximum Gasteiger partial charge on any atom is 0.416 e. The molecule has 2 heterocycles. The number of aromatic nitrogens is 2. The number of hydrogen-bond donors (Lipinski definition) is 1. The Balaban J connectivity index is 1.74. The average Bonchev–Trinajstić information content (AvgIpc) is 3.21. The molecule has 0 atom stereocenters. The molecule has 1 aromatic carbocycles. The molecule has 5 nitrogen and oxygen atoms in total. The first kappa shape index (κ1) is 21.4. The molecule has 1 saturated heterocycles. The quantitative estimate of drug-likeness (QED) is 0.767. The van der Waals surface area contributed by atoms with Crippen LogP contribution in [0.1, 0.15) is 48.3 Å². The van der Waals surface area contributed by atoms with Gasteiger partial charge in [0, 0.05) is 25.0 Å². The lowest BCUT2D eigenvalue weighted by Gasteiger charge is -2.26. The lowest BCUT2D eigenvalue weighted by atomic mass is 9.83. The Kier molecular flexibility index (Phi) is 6.03. The van der Waals surface area contributed by atoms with E-state index in [0.29, 0.717) is 11.5 Å². The molecule has 3 rings (SSSR count). The SMILES string of the molecule is CC(C)(CNC(=O)c1nc(N2CCCC2)ncc1Cl)c1cccc(C(F)(F)F)c1. The van der Waals surface area contributed by atoms with Crippen molar-refractivity contribution in [1.29, 1.82) is 0 Å². The van der Waals surface area contributed by atoms with Gasteiger partial charge in [-0.05, 0) is 24.5 Å². The third-order valence-corrected chi connectivity index (χ3v) is 5.27. The summed E-state index contributed by atoms with van der Waals surface area (Å²) in [5, 5.41) is 2.87. The largest absolute Gasteiger partial charge is 0.416 e. The summed E-state index contributed by atoms with van der Waals surface area (Å²) in [5.74, 6) is -0.0351. The minimum atomic E-state index is -4.42. The van der Waals surface area contributed by atoms with Crippen LogP contribution in [0.4, 0.5) is 19.1 Å². The third kappa shape index (κ3) is 4.98. The number of halogens is 4. The molecular weight excluding hydrogens is 405 g/mol. The molecule has 9 heteroatoms. The first-order valence-electron chi connectivity index (χ1n) is 9.31. The fraction of sp³-hybridized carbons (Fsp3) is 0.450. The highest BCUT2D eigenvalue weighted by atomic mass is 35.5. The molecule has 0 aliphatic carbocycles. The van der Waals surface area contributed by atoms with E-state index in [1.165, 1.54) is 12.3 Å². The number of anilines is 1. The third-order valence-electron chi connectivity index (χ3n) is 5.00. The van der Waals surface area contributed by atoms with Crippen LogP contribution < -0.4 is 10.2 Å². The summed E-state index contributed by atoms with van der Waals surface area (Å²) in [6.07, 6.45) is -0.942. The number of rotatable bonds is 5. The van der Waals surface area contributed by atoms with Crippen LogP contribution in [0.25, 0.3) is 0 Å². The van der Waals surface area contributed by atoms with Gasteiger partial charge in [-0.3, -0.25) is 4.79 Å². The molecular formula is C20H22ClF3N4O. The molecule has 0 bridgehead atoms. The lowest BCUT2D eigenvalue weighted by molar-refractivity contribution is -0.137. The smallest absolute Gasteiger partial charge is 0.350 e. The Morgan fingerprint density at radius 3 is 2.52 bits per heavy atom. The van der Waals surface area contributed by atoms with Crippen LogP contribution >= 0.6 is 11.6 Å². The Labute approximate surface area is 172 Å². The molecule has 2 aromatic rings. The van der Waals surface area contributed by atoms with E-state index in [2.05, 4.69) is 15.3 Å². The topological polar surface area (TPSA) is 58.1 Å². The van der Waals surface area contributed by atoms with Crippen LogP contribution in [-0.2, 0) is 11.6 Å². The van der Waals surface area contributed by atoms with Crippen LogP contribution in [0.3, 0.4) is 0 Å². The van der Waals surface area contributed by atoms with Gasteiger partial charge < -0.3 is 10.2 Å². The highest BCUT2D eigenvalue weighted by Crippen LogP contribution is 2.32. The summed E-state index contributed by atoms with van der Waals surface area (Å²) in [6.45, 7) is 5.29. The first-order valence-corrected chi connectivity index (χ1v) is 9.69. The van der Waals surface area contributed by atoms with Gasteiger partial charge >= 0.3 is 6.18 Å². The fourth-order valence-electron chi connectivity index (χ4n) is 3.19. The van der Waals surface area contributed by atoms with Crippen molar-refractivity contribution >= 4 is 23.5 Å². The van der Waals surface area contributed by atoms with Crippen LogP contribution in [0.15, 0.2) is 30.5 Å². The molecule has 29 heavy (non-hydrogen) atoms. The van der Waals surface area contributed by atoms with Gasteiger partial charge in [-0.1, -0.05) is 43.6 Å². The number of nitrogens with one attached hydrogen (secondary N) is 1. The number of carbonyl (C=O) groups excluding carboxylic acids is 1. The first-order chi connectivity index (χ1) is 13.6. The molecule has 1 fully saturated rings. The lowest BCUT2D eigenvalue weighted by Crippen LogP contribution is -2.37. The van der Waals surface area contributed by atoms with Gasteiger partial charge in [-0.15, -0.1) is 0 Å². The predicted octanol–water partition coefficient (Wildman–Crippen LogP) is 4.46. The molecule has 0 saturated carbocycles. The van der Waals surface area contributed by atoms with Crippen molar-refractivity contribution < 1.29 is 18.0 Å². The number of benzene rings is 1. The van der Waals surface area contributed by atoms with E-state index in [4.69, 9.17) is 11.6 Å². The second-order valence-electron chi connectivity index (χ2n) is 7.71. The van der Waals surface area contributed by atoms with E-state index in [0.717, 1.165) is 38.1 Å². The molecule has 0 spiro atoms. The molecule has 0 radical (unpaired) electrons. The zero-order valence-corrected chi connectivity index (χ0v) is 16.9. The van der Waals surface area contributed by atoms with Crippen LogP contribution in [0, 0.1) is 0 Å². The Morgan fingerprint density at radius 2 is 1.86 bits per heavy atom. The van der Waals surface area contributed by atoms with Crippen LogP contribution in [-0.4, -0.2) is 35.5 Å². The van der Waals surface area contributed by atoms with Crippen molar-refractivity contribution in [3.8, 4) is 0 Å². The number of amides is 1. The predicted molar refractivity (Wildman–Crippen MR) is 105 cm³/mol. The van der Waals surface area contributed by atoms with Gasteiger partial charge in [-0.25, -0.2) is 9.97 Å². The average molecular weight is 427 g/mol. The minimum Gasteiger partial charge on any atom is -0.350 e. The number of alkyl halides is 3. The Bertz CT molecular complexity index is 896. The summed E-state index contributed by atoms with van der Waals surface area (Å²) < 4.78 is 39.0. The summed E-state index contributed by atoms with van der Waals surface area (Å²) in [5.41, 5.74) is -0.917. The summed E-state index contributed by atoms with van der Waals surface area (Å²) in [7, 11) is 0. The van der Waals surface area contributed by atoms with Crippen molar-refractivity contribution in [2.24, 2.45) is 0 Å². The van der Waals surface area contributed by atoms with E-state index in [1.807, 2.05) is 4.90 Å². The highest BCUT2D eigenvalue weighted by molar-refractivity contribution is 6.33. The van der Waals surface area contributed by atoms with Gasteiger partial charge in [0.05, 0.1) is 16.8 Å². The van der Waals surface area contributed by atoms with Crippen molar-refractivity contribution in [3.05, 3.63) is 52.3 Å². The molecule has 1 aliphatic rings. The minimum absolute atomic E-state index is 0.0587. The van der Waals surface area contributed by atoms with Gasteiger partial charge in [0.1, 0.15) is 0 Å². The molecule has 156 valence electrons. The summed E-state index contributed by atoms with van der Waals surface area (Å²) in [6, 6.07) is 5.11. The van der Waals surface area contributed by atoms with Crippen LogP contribution in [0.5, 0.6) is 0 Å². The van der Waals surface area contributed by atoms with Crippen LogP contribution in [0.2, 0.25) is 5.02 Å². The Morgan fingerprint density at radius 1 is 1.21 bits per heavy atom. The number of carbonyl (C=O) groups is 1. The zero-order valence-electron chi connectivity index (χ0n) is 16.2. The number of hydrogen-bond acceptors (Lipinski definition) is 4. The standard InChI is InChI=1S/C20H22ClF3N4O/c1-19(2,13-6-5-7-14(10-13)20(22,23)24)12-26-17(29)16-15(21)11-25-18(27-16)28-8-3-4-9-28/h5-7,10-11H,3-4,8-9,12H2,1-2H3,(H,26,29). The maximum absolute atomic E-state index is 13.0. The second kappa shape index (κ2) is 8.18. The molecule has 1 aliphatic heterocycles. The zero-order chi connectivity index (χ0) is 21.2. The van der Waals surface area contributed by atoms with E-state index < -0.39 is 23.1 Å². The molecule has 0 unspecified atom stereocenters. The maximum atomic E-state index is 13.0. The van der Waals surface area contributed by atoms with Gasteiger partial charge in [0.25, 0.3) is 5.91 Å². The fourth-order valence-corrected chi connectivity index (χ4v) is 3.37. The van der Waals surface area contributed by atoms with E-state index in [1.54, 1.807) is 19.9 Å². The van der Waals surface area contributed by atoms with Crippen molar-refractivity contribution in [3.63, 3.8) is 0 Å².